The molecule has 0 aliphatic heterocycles. The molecule has 3 saturated carbocycles. The number of methoxy groups -OCH3 is 1. The summed E-state index contributed by atoms with van der Waals surface area (Å²) in [5, 5.41) is 62.0. The van der Waals surface area contributed by atoms with Crippen molar-refractivity contribution >= 4 is 45.8 Å². The molecule has 0 radical (unpaired) electrons. The number of nitriles is 3. The lowest BCUT2D eigenvalue weighted by Gasteiger charge is -2.31. The molecule has 3 aliphatic carbocycles. The molecule has 96 heavy (non-hydrogen) atoms. The molecule has 0 saturated heterocycles. The minimum Gasteiger partial charge on any atom is -0.508 e. The molecule has 0 bridgehead atoms. The summed E-state index contributed by atoms with van der Waals surface area (Å²) in [5.74, 6) is 5.05. The smallest absolute Gasteiger partial charge is 0.292 e. The van der Waals surface area contributed by atoms with Crippen LogP contribution < -0.4 is 9.47 Å². The molecule has 8 aromatic rings. The molecule has 0 spiro atoms. The van der Waals surface area contributed by atoms with Crippen molar-refractivity contribution in [1.29, 1.82) is 15.8 Å². The Bertz CT molecular complexity index is 3520. The van der Waals surface area contributed by atoms with Gasteiger partial charge in [-0.05, 0) is 192 Å². The number of phenolic OH excluding ortho intramolecular Hbond substituents is 4. The van der Waals surface area contributed by atoms with Crippen molar-refractivity contribution < 1.29 is 49.0 Å². The van der Waals surface area contributed by atoms with Crippen LogP contribution in [0.3, 0.4) is 0 Å². The van der Waals surface area contributed by atoms with Crippen LogP contribution in [-0.4, -0.2) is 53.1 Å². The first kappa shape index (κ1) is 76.6. The molecule has 3 aliphatic rings. The van der Waals surface area contributed by atoms with Gasteiger partial charge in [-0.15, -0.1) is 10.5 Å². The lowest BCUT2D eigenvalue weighted by molar-refractivity contribution is -0.111. The second-order valence-corrected chi connectivity index (χ2v) is 24.1. The SMILES string of the molecule is CC(c1ccc(N=C=O)cc1)c1ccc(N=C=O)cc1.CC(c1ccc(O)cc1)c1ccc(O)cc1.COC.N#CBr.N#COc1ccc(C(c2ccc(OC#N)cc2)C2CCCCC2)cc1.O=CC1CCCCC1.Oc1ccc(C(c2ccc(O)cc2)C2CCCCC2)cc1. The molecule has 0 heterocycles. The van der Waals surface area contributed by atoms with Gasteiger partial charge in [-0.1, -0.05) is 169 Å². The summed E-state index contributed by atoms with van der Waals surface area (Å²) in [6, 6.07) is 60.0. The highest BCUT2D eigenvalue weighted by Crippen LogP contribution is 2.43. The first-order valence-corrected chi connectivity index (χ1v) is 33.2. The maximum Gasteiger partial charge on any atom is 0.292 e. The molecule has 16 heteroatoms. The molecule has 3 fully saturated rings. The van der Waals surface area contributed by atoms with Crippen LogP contribution in [0.2, 0.25) is 0 Å². The maximum absolute atomic E-state index is 10.2. The molecule has 8 aromatic carbocycles. The van der Waals surface area contributed by atoms with Crippen LogP contribution >= 0.6 is 15.9 Å². The normalized spacial score (nSPS) is 13.6. The summed E-state index contributed by atoms with van der Waals surface area (Å²) >= 11 is 2.45. The minimum absolute atomic E-state index is 0.193. The van der Waals surface area contributed by atoms with Crippen LogP contribution in [0.25, 0.3) is 0 Å². The Kier molecular flexibility index (Phi) is 34.9. The zero-order valence-electron chi connectivity index (χ0n) is 55.1. The van der Waals surface area contributed by atoms with Crippen molar-refractivity contribution in [2.24, 2.45) is 27.7 Å². The van der Waals surface area contributed by atoms with Crippen LogP contribution in [0.1, 0.15) is 178 Å². The van der Waals surface area contributed by atoms with Crippen LogP contribution in [0, 0.1) is 51.0 Å². The Hall–Kier alpha value is -10.1. The third-order valence-corrected chi connectivity index (χ3v) is 17.3. The van der Waals surface area contributed by atoms with Gasteiger partial charge < -0.3 is 39.4 Å². The van der Waals surface area contributed by atoms with Gasteiger partial charge in [0.05, 0.1) is 11.4 Å². The second-order valence-electron chi connectivity index (χ2n) is 23.7. The summed E-state index contributed by atoms with van der Waals surface area (Å²) < 4.78 is 14.0. The van der Waals surface area contributed by atoms with E-state index in [1.165, 1.54) is 118 Å². The number of aliphatic imine (C=N–C) groups is 2. The van der Waals surface area contributed by atoms with E-state index >= 15 is 0 Å². The number of benzene rings is 8. The number of rotatable bonds is 15. The van der Waals surface area contributed by atoms with Gasteiger partial charge in [0.15, 0.2) is 0 Å². The van der Waals surface area contributed by atoms with Gasteiger partial charge in [-0.2, -0.15) is 15.2 Å². The summed E-state index contributed by atoms with van der Waals surface area (Å²) in [5.41, 5.74) is 10.7. The lowest BCUT2D eigenvalue weighted by Crippen LogP contribution is -2.17. The van der Waals surface area contributed by atoms with Gasteiger partial charge in [-0.25, -0.2) is 9.59 Å². The number of hydrogen-bond acceptors (Lipinski definition) is 15. The Morgan fingerprint density at radius 3 is 0.865 bits per heavy atom. The largest absolute Gasteiger partial charge is 0.508 e. The van der Waals surface area contributed by atoms with Crippen LogP contribution in [0.15, 0.2) is 204 Å². The Balaban J connectivity index is 0.000000218. The number of phenols is 4. The Morgan fingerprint density at radius 2 is 0.635 bits per heavy atom. The summed E-state index contributed by atoms with van der Waals surface area (Å²) in [7, 11) is 3.25. The van der Waals surface area contributed by atoms with E-state index in [4.69, 9.17) is 25.3 Å². The van der Waals surface area contributed by atoms with Crippen molar-refractivity contribution in [1.82, 2.24) is 0 Å². The van der Waals surface area contributed by atoms with Crippen molar-refractivity contribution in [2.75, 3.05) is 14.2 Å². The number of carbonyl (C=O) groups excluding carboxylic acids is 3. The zero-order valence-corrected chi connectivity index (χ0v) is 56.6. The number of halogens is 1. The fourth-order valence-corrected chi connectivity index (χ4v) is 12.3. The fourth-order valence-electron chi connectivity index (χ4n) is 12.3. The molecule has 0 aromatic heterocycles. The number of aldehydes is 1. The number of nitrogens with zero attached hydrogens (tertiary/aromatic N) is 5. The van der Waals surface area contributed by atoms with E-state index in [0.717, 1.165) is 41.4 Å². The van der Waals surface area contributed by atoms with E-state index in [1.807, 2.05) is 121 Å². The number of ether oxygens (including phenoxy) is 3. The molecular formula is C80H86BrN5O10. The van der Waals surface area contributed by atoms with Crippen LogP contribution in [0.5, 0.6) is 34.5 Å². The van der Waals surface area contributed by atoms with E-state index in [2.05, 4.69) is 44.5 Å². The second kappa shape index (κ2) is 43.7. The quantitative estimate of drug-likeness (QED) is 0.0323. The van der Waals surface area contributed by atoms with E-state index in [0.29, 0.717) is 64.0 Å². The summed E-state index contributed by atoms with van der Waals surface area (Å²) in [6.07, 6.45) is 26.5. The molecule has 498 valence electrons. The van der Waals surface area contributed by atoms with Gasteiger partial charge in [0.2, 0.25) is 12.2 Å². The molecular weight excluding hydrogens is 1270 g/mol. The maximum atomic E-state index is 10.2. The number of carbonyl (C=O) groups is 1. The number of aromatic hydroxyl groups is 4. The predicted octanol–water partition coefficient (Wildman–Crippen LogP) is 19.8. The monoisotopic (exact) mass is 1360 g/mol. The summed E-state index contributed by atoms with van der Waals surface area (Å²) in [4.78, 5) is 39.2. The van der Waals surface area contributed by atoms with E-state index in [-0.39, 0.29) is 23.3 Å². The lowest BCUT2D eigenvalue weighted by atomic mass is 9.73. The molecule has 4 N–H and O–H groups in total. The molecule has 0 amide bonds. The third-order valence-electron chi connectivity index (χ3n) is 17.3. The molecule has 15 nitrogen and oxygen atoms in total. The van der Waals surface area contributed by atoms with Gasteiger partial charge in [0.25, 0.3) is 12.5 Å². The Morgan fingerprint density at radius 1 is 0.406 bits per heavy atom. The van der Waals surface area contributed by atoms with Crippen molar-refractivity contribution in [2.45, 2.75) is 134 Å². The van der Waals surface area contributed by atoms with Gasteiger partial charge in [0, 0.05) is 59.7 Å². The van der Waals surface area contributed by atoms with Gasteiger partial charge in [0.1, 0.15) is 45.8 Å². The number of isocyanates is 2. The van der Waals surface area contributed by atoms with Crippen molar-refractivity contribution in [3.63, 3.8) is 0 Å². The predicted molar refractivity (Wildman–Crippen MR) is 378 cm³/mol. The van der Waals surface area contributed by atoms with Gasteiger partial charge in [-0.3, -0.25) is 0 Å². The van der Waals surface area contributed by atoms with Gasteiger partial charge >= 0.3 is 0 Å². The first-order chi connectivity index (χ1) is 46.7. The molecule has 11 rings (SSSR count). The van der Waals surface area contributed by atoms with Crippen molar-refractivity contribution in [3.8, 4) is 52.0 Å². The topological polar surface area (TPSA) is 256 Å². The average Bonchev–Trinajstić information content (AvgIpc) is 0.840. The van der Waals surface area contributed by atoms with Crippen LogP contribution in [0.4, 0.5) is 11.4 Å². The molecule has 0 atom stereocenters. The van der Waals surface area contributed by atoms with E-state index < -0.39 is 0 Å². The van der Waals surface area contributed by atoms with E-state index in [1.54, 1.807) is 105 Å². The number of hydrogen-bond donors (Lipinski definition) is 4. The third kappa shape index (κ3) is 26.4. The zero-order chi connectivity index (χ0) is 69.3. The van der Waals surface area contributed by atoms with Crippen LogP contribution in [-0.2, 0) is 19.1 Å². The summed E-state index contributed by atoms with van der Waals surface area (Å²) in [6.45, 7) is 4.18. The fraction of sp³-hybridized carbons (Fsp3) is 0.325. The average molecular weight is 1360 g/mol. The minimum atomic E-state index is 0.193. The first-order valence-electron chi connectivity index (χ1n) is 32.4. The van der Waals surface area contributed by atoms with Crippen molar-refractivity contribution in [3.05, 3.63) is 239 Å². The van der Waals surface area contributed by atoms with E-state index in [9.17, 15) is 34.8 Å². The highest BCUT2D eigenvalue weighted by molar-refractivity contribution is 9.12. The highest BCUT2D eigenvalue weighted by atomic mass is 79.9. The Labute approximate surface area is 573 Å². The standard InChI is InChI=1S/C21H20N2O2.C19H22O2.C16H12N2O2.C14H14O2.C7H12O.C2H6O.CBrN/c22-14-24-19-10-6-17(7-11-19)21(16-4-2-1-3-5-16)18-8-12-20(13-9-18)25-15-23;20-17-10-6-15(7-11-17)19(14-4-2-1-3-5-14)16-8-12-18(21)13-9-16;1-12(13-2-6-15(7-3-13)17-10-19)14-4-8-16(9-5-14)18-11-20;1-10(11-2-6-13(15)7-3-11)12-4-8-14(16)9-5-12;8-6-7-4-2-1-3-5-7;1-3-2;2-1-3/h6-13,16,21H,1-5H2;6-14,19-21H,1-5H2;2-9,12H,1H3;2-10,15-16H,1H3;6-7H,1-5H2;1-2H3;. The molecule has 0 unspecified atom stereocenters. The highest BCUT2D eigenvalue weighted by Gasteiger charge is 2.28.